The van der Waals surface area contributed by atoms with Crippen molar-refractivity contribution >= 4 is 23.2 Å². The van der Waals surface area contributed by atoms with Crippen LogP contribution in [-0.2, 0) is 16.8 Å². The third-order valence-corrected chi connectivity index (χ3v) is 3.99. The predicted octanol–water partition coefficient (Wildman–Crippen LogP) is 3.78. The lowest BCUT2D eigenvalue weighted by molar-refractivity contribution is -0.386. The van der Waals surface area contributed by atoms with Crippen molar-refractivity contribution in [2.45, 2.75) is 39.7 Å². The van der Waals surface area contributed by atoms with Crippen molar-refractivity contribution in [3.8, 4) is 0 Å². The number of rotatable bonds is 5. The van der Waals surface area contributed by atoms with E-state index >= 15 is 0 Å². The number of benzene rings is 2. The molecule has 0 heterocycles. The van der Waals surface area contributed by atoms with E-state index in [0.717, 1.165) is 5.56 Å². The lowest BCUT2D eigenvalue weighted by Crippen LogP contribution is -2.23. The molecule has 2 aromatic rings. The van der Waals surface area contributed by atoms with Crippen LogP contribution in [0.5, 0.6) is 0 Å². The number of hydrogen-bond acceptors (Lipinski definition) is 4. The molecule has 0 aliphatic heterocycles. The molecule has 0 saturated heterocycles. The normalized spacial score (nSPS) is 11.0. The van der Waals surface area contributed by atoms with Gasteiger partial charge in [0.15, 0.2) is 0 Å². The second-order valence-electron chi connectivity index (χ2n) is 7.30. The third-order valence-electron chi connectivity index (χ3n) is 3.99. The monoisotopic (exact) mass is 369 g/mol. The molecule has 2 amide bonds. The number of amides is 2. The molecule has 0 aliphatic rings. The molecule has 142 valence electrons. The molecule has 0 fully saturated rings. The topological polar surface area (TPSA) is 101 Å². The number of hydrogen-bond donors (Lipinski definition) is 2. The highest BCUT2D eigenvalue weighted by molar-refractivity contribution is 5.95. The molecule has 0 atom stereocenters. The van der Waals surface area contributed by atoms with Crippen LogP contribution in [-0.4, -0.2) is 16.7 Å². The molecule has 0 unspecified atom stereocenters. The van der Waals surface area contributed by atoms with E-state index < -0.39 is 10.3 Å². The molecular weight excluding hydrogens is 346 g/mol. The average molecular weight is 369 g/mol. The number of nitrogens with one attached hydrogen (secondary N) is 2. The second-order valence-corrected chi connectivity index (χ2v) is 7.30. The van der Waals surface area contributed by atoms with Crippen LogP contribution in [0.25, 0.3) is 0 Å². The standard InChI is InChI=1S/C20H23N3O4/c1-13(24)22-16-8-5-14(6-9-16)12-21-19(25)15-7-10-17(20(2,3)4)18(11-15)23(26)27/h5-11H,12H2,1-4H3,(H,21,25)(H,22,24). The van der Waals surface area contributed by atoms with E-state index in [1.54, 1.807) is 36.4 Å². The third kappa shape index (κ3) is 5.37. The fourth-order valence-electron chi connectivity index (χ4n) is 2.65. The minimum Gasteiger partial charge on any atom is -0.348 e. The zero-order valence-electron chi connectivity index (χ0n) is 15.8. The number of carbonyl (C=O) groups is 2. The number of anilines is 1. The Morgan fingerprint density at radius 1 is 1.07 bits per heavy atom. The minimum absolute atomic E-state index is 0.0604. The highest BCUT2D eigenvalue weighted by Crippen LogP contribution is 2.31. The van der Waals surface area contributed by atoms with E-state index in [0.29, 0.717) is 11.3 Å². The van der Waals surface area contributed by atoms with Crippen LogP contribution in [0.15, 0.2) is 42.5 Å². The van der Waals surface area contributed by atoms with Crippen molar-refractivity contribution in [2.75, 3.05) is 5.32 Å². The number of nitro groups is 1. The van der Waals surface area contributed by atoms with Gasteiger partial charge in [0.2, 0.25) is 5.91 Å². The Hall–Kier alpha value is -3.22. The fourth-order valence-corrected chi connectivity index (χ4v) is 2.65. The molecule has 0 spiro atoms. The van der Waals surface area contributed by atoms with E-state index in [2.05, 4.69) is 10.6 Å². The van der Waals surface area contributed by atoms with Gasteiger partial charge in [0, 0.05) is 36.3 Å². The number of nitro benzene ring substituents is 1. The maximum atomic E-state index is 12.4. The summed E-state index contributed by atoms with van der Waals surface area (Å²) in [4.78, 5) is 34.3. The molecule has 27 heavy (non-hydrogen) atoms. The van der Waals surface area contributed by atoms with Gasteiger partial charge in [0.25, 0.3) is 11.6 Å². The minimum atomic E-state index is -0.460. The van der Waals surface area contributed by atoms with Gasteiger partial charge in [-0.1, -0.05) is 39.0 Å². The van der Waals surface area contributed by atoms with Crippen LogP contribution in [0.4, 0.5) is 11.4 Å². The Labute approximate surface area is 157 Å². The van der Waals surface area contributed by atoms with Gasteiger partial charge in [-0.2, -0.15) is 0 Å². The van der Waals surface area contributed by atoms with Gasteiger partial charge in [-0.3, -0.25) is 19.7 Å². The maximum Gasteiger partial charge on any atom is 0.273 e. The zero-order valence-corrected chi connectivity index (χ0v) is 15.8. The van der Waals surface area contributed by atoms with Gasteiger partial charge >= 0.3 is 0 Å². The van der Waals surface area contributed by atoms with Gasteiger partial charge in [-0.25, -0.2) is 0 Å². The smallest absolute Gasteiger partial charge is 0.273 e. The zero-order chi connectivity index (χ0) is 20.2. The van der Waals surface area contributed by atoms with Crippen molar-refractivity contribution in [2.24, 2.45) is 0 Å². The van der Waals surface area contributed by atoms with E-state index in [4.69, 9.17) is 0 Å². The molecule has 0 radical (unpaired) electrons. The summed E-state index contributed by atoms with van der Waals surface area (Å²) >= 11 is 0. The van der Waals surface area contributed by atoms with Gasteiger partial charge in [-0.15, -0.1) is 0 Å². The summed E-state index contributed by atoms with van der Waals surface area (Å²) in [5.74, 6) is -0.541. The van der Waals surface area contributed by atoms with Crippen molar-refractivity contribution in [1.82, 2.24) is 5.32 Å². The van der Waals surface area contributed by atoms with E-state index in [1.807, 2.05) is 20.8 Å². The first-order valence-electron chi connectivity index (χ1n) is 8.51. The van der Waals surface area contributed by atoms with Crippen LogP contribution in [0.3, 0.4) is 0 Å². The van der Waals surface area contributed by atoms with E-state index in [1.165, 1.54) is 13.0 Å². The molecule has 2 aromatic carbocycles. The van der Waals surface area contributed by atoms with E-state index in [9.17, 15) is 19.7 Å². The van der Waals surface area contributed by atoms with Crippen molar-refractivity contribution in [3.05, 3.63) is 69.3 Å². The summed E-state index contributed by atoms with van der Waals surface area (Å²) < 4.78 is 0. The van der Waals surface area contributed by atoms with Crippen molar-refractivity contribution in [3.63, 3.8) is 0 Å². The Morgan fingerprint density at radius 3 is 2.22 bits per heavy atom. The lowest BCUT2D eigenvalue weighted by atomic mass is 9.85. The van der Waals surface area contributed by atoms with Crippen LogP contribution in [0.2, 0.25) is 0 Å². The summed E-state index contributed by atoms with van der Waals surface area (Å²) in [5, 5.41) is 16.8. The molecule has 2 rings (SSSR count). The van der Waals surface area contributed by atoms with Crippen LogP contribution in [0.1, 0.15) is 49.2 Å². The predicted molar refractivity (Wildman–Crippen MR) is 104 cm³/mol. The summed E-state index contributed by atoms with van der Waals surface area (Å²) in [6, 6.07) is 11.6. The Morgan fingerprint density at radius 2 is 1.70 bits per heavy atom. The molecule has 7 heteroatoms. The Kier molecular flexibility index (Phi) is 5.95. The van der Waals surface area contributed by atoms with Gasteiger partial charge in [-0.05, 0) is 29.2 Å². The molecule has 0 bridgehead atoms. The lowest BCUT2D eigenvalue weighted by Gasteiger charge is -2.19. The van der Waals surface area contributed by atoms with Crippen LogP contribution < -0.4 is 10.6 Å². The number of carbonyl (C=O) groups excluding carboxylic acids is 2. The SMILES string of the molecule is CC(=O)Nc1ccc(CNC(=O)c2ccc(C(C)(C)C)c([N+](=O)[O-])c2)cc1. The highest BCUT2D eigenvalue weighted by Gasteiger charge is 2.26. The summed E-state index contributed by atoms with van der Waals surface area (Å²) in [7, 11) is 0. The van der Waals surface area contributed by atoms with Gasteiger partial charge in [0.05, 0.1) is 4.92 Å². The van der Waals surface area contributed by atoms with Gasteiger partial charge < -0.3 is 10.6 Å². The number of nitrogens with zero attached hydrogens (tertiary/aromatic N) is 1. The Bertz CT molecular complexity index is 868. The average Bonchev–Trinajstić information content (AvgIpc) is 2.59. The summed E-state index contributed by atoms with van der Waals surface area (Å²) in [6.07, 6.45) is 0. The molecular formula is C20H23N3O4. The van der Waals surface area contributed by atoms with Crippen molar-refractivity contribution in [1.29, 1.82) is 0 Å². The molecule has 0 saturated carbocycles. The molecule has 2 N–H and O–H groups in total. The fraction of sp³-hybridized carbons (Fsp3) is 0.300. The molecule has 7 nitrogen and oxygen atoms in total. The Balaban J connectivity index is 2.11. The van der Waals surface area contributed by atoms with E-state index in [-0.39, 0.29) is 29.6 Å². The van der Waals surface area contributed by atoms with Crippen molar-refractivity contribution < 1.29 is 14.5 Å². The molecule has 0 aliphatic carbocycles. The van der Waals surface area contributed by atoms with Crippen LogP contribution in [0, 0.1) is 10.1 Å². The summed E-state index contributed by atoms with van der Waals surface area (Å²) in [5.41, 5.74) is 1.88. The first kappa shape index (κ1) is 20.1. The second kappa shape index (κ2) is 7.99. The maximum absolute atomic E-state index is 12.4. The van der Waals surface area contributed by atoms with Gasteiger partial charge in [0.1, 0.15) is 0 Å². The highest BCUT2D eigenvalue weighted by atomic mass is 16.6. The summed E-state index contributed by atoms with van der Waals surface area (Å²) in [6.45, 7) is 7.37. The quantitative estimate of drug-likeness (QED) is 0.618. The largest absolute Gasteiger partial charge is 0.348 e. The van der Waals surface area contributed by atoms with Crippen LogP contribution >= 0.6 is 0 Å². The first-order chi connectivity index (χ1) is 12.6. The molecule has 0 aromatic heterocycles. The first-order valence-corrected chi connectivity index (χ1v) is 8.51.